The van der Waals surface area contributed by atoms with E-state index in [9.17, 15) is 9.59 Å². The third kappa shape index (κ3) is 1.07. The lowest BCUT2D eigenvalue weighted by Gasteiger charge is -2.24. The molecular weight excluding hydrogens is 146 g/mol. The fourth-order valence-corrected chi connectivity index (χ4v) is 0.877. The Kier molecular flexibility index (Phi) is 1.60. The minimum absolute atomic E-state index is 0.363. The summed E-state index contributed by atoms with van der Waals surface area (Å²) in [6, 6.07) is -0.872. The van der Waals surface area contributed by atoms with Crippen LogP contribution in [0.25, 0.3) is 0 Å². The Bertz CT molecular complexity index is 214. The molecule has 1 saturated heterocycles. The van der Waals surface area contributed by atoms with E-state index in [1.54, 1.807) is 13.8 Å². The Morgan fingerprint density at radius 2 is 2.09 bits per heavy atom. The number of imide groups is 1. The highest BCUT2D eigenvalue weighted by Crippen LogP contribution is 2.12. The van der Waals surface area contributed by atoms with Crippen molar-refractivity contribution in [2.45, 2.75) is 25.4 Å². The van der Waals surface area contributed by atoms with E-state index < -0.39 is 17.6 Å². The van der Waals surface area contributed by atoms with Crippen LogP contribution in [0.4, 0.5) is 4.79 Å². The Hall–Kier alpha value is -1.10. The molecule has 0 aliphatic carbocycles. The van der Waals surface area contributed by atoms with Gasteiger partial charge in [0.2, 0.25) is 0 Å². The molecular formula is C6H11N3O2. The van der Waals surface area contributed by atoms with Gasteiger partial charge in [-0.2, -0.15) is 0 Å². The van der Waals surface area contributed by atoms with Crippen molar-refractivity contribution in [3.63, 3.8) is 0 Å². The average molecular weight is 157 g/mol. The van der Waals surface area contributed by atoms with Crippen LogP contribution in [0.5, 0.6) is 0 Å². The molecule has 0 unspecified atom stereocenters. The molecule has 62 valence electrons. The first-order valence-corrected chi connectivity index (χ1v) is 3.36. The van der Waals surface area contributed by atoms with Crippen molar-refractivity contribution in [1.29, 1.82) is 0 Å². The second kappa shape index (κ2) is 2.20. The van der Waals surface area contributed by atoms with Crippen LogP contribution in [0.15, 0.2) is 0 Å². The topological polar surface area (TPSA) is 84.2 Å². The molecule has 1 fully saturated rings. The molecule has 5 heteroatoms. The highest BCUT2D eigenvalue weighted by molar-refractivity contribution is 6.07. The van der Waals surface area contributed by atoms with E-state index in [1.165, 1.54) is 0 Å². The summed E-state index contributed by atoms with van der Waals surface area (Å²) in [5, 5.41) is 4.57. The first-order chi connectivity index (χ1) is 4.97. The zero-order valence-electron chi connectivity index (χ0n) is 6.47. The van der Waals surface area contributed by atoms with Crippen molar-refractivity contribution in [2.24, 2.45) is 5.73 Å². The van der Waals surface area contributed by atoms with Gasteiger partial charge in [0.15, 0.2) is 0 Å². The maximum atomic E-state index is 11.1. The van der Waals surface area contributed by atoms with Gasteiger partial charge in [-0.25, -0.2) is 4.79 Å². The molecule has 11 heavy (non-hydrogen) atoms. The Morgan fingerprint density at radius 3 is 2.27 bits per heavy atom. The van der Waals surface area contributed by atoms with Gasteiger partial charge in [-0.05, 0) is 13.8 Å². The van der Waals surface area contributed by atoms with Crippen molar-refractivity contribution >= 4 is 11.9 Å². The van der Waals surface area contributed by atoms with E-state index in [0.717, 1.165) is 0 Å². The molecule has 3 amide bonds. The maximum absolute atomic E-state index is 11.1. The van der Waals surface area contributed by atoms with Gasteiger partial charge in [-0.15, -0.1) is 0 Å². The van der Waals surface area contributed by atoms with Gasteiger partial charge in [0.1, 0.15) is 5.54 Å². The van der Waals surface area contributed by atoms with Gasteiger partial charge in [-0.3, -0.25) is 10.1 Å². The van der Waals surface area contributed by atoms with Crippen LogP contribution in [0.3, 0.4) is 0 Å². The van der Waals surface area contributed by atoms with Gasteiger partial charge in [0.25, 0.3) is 5.91 Å². The lowest BCUT2D eigenvalue weighted by molar-refractivity contribution is -0.123. The number of nitrogens with two attached hydrogens (primary N) is 1. The molecule has 0 saturated carbocycles. The average Bonchev–Trinajstić information content (AvgIpc) is 2.08. The summed E-state index contributed by atoms with van der Waals surface area (Å²) in [5.41, 5.74) is 4.56. The monoisotopic (exact) mass is 157 g/mol. The van der Waals surface area contributed by atoms with Crippen molar-refractivity contribution < 1.29 is 9.59 Å². The van der Waals surface area contributed by atoms with Gasteiger partial charge in [0.05, 0.1) is 0 Å². The molecule has 1 aliphatic heterocycles. The van der Waals surface area contributed by atoms with Crippen molar-refractivity contribution in [3.05, 3.63) is 0 Å². The van der Waals surface area contributed by atoms with Gasteiger partial charge < -0.3 is 11.1 Å². The van der Waals surface area contributed by atoms with E-state index in [4.69, 9.17) is 5.73 Å². The molecule has 2 atom stereocenters. The van der Waals surface area contributed by atoms with Crippen molar-refractivity contribution in [2.75, 3.05) is 0 Å². The highest BCUT2D eigenvalue weighted by Gasteiger charge is 2.44. The Morgan fingerprint density at radius 1 is 1.55 bits per heavy atom. The zero-order valence-corrected chi connectivity index (χ0v) is 6.47. The van der Waals surface area contributed by atoms with Crippen LogP contribution in [0.1, 0.15) is 13.8 Å². The zero-order chi connectivity index (χ0) is 8.65. The molecule has 1 aliphatic rings. The summed E-state index contributed by atoms with van der Waals surface area (Å²) in [5.74, 6) is -0.363. The molecule has 0 spiro atoms. The van der Waals surface area contributed by atoms with Crippen molar-refractivity contribution in [3.8, 4) is 0 Å². The van der Waals surface area contributed by atoms with Crippen LogP contribution in [0, 0.1) is 0 Å². The second-order valence-electron chi connectivity index (χ2n) is 2.90. The van der Waals surface area contributed by atoms with Crippen LogP contribution in [0.2, 0.25) is 0 Å². The van der Waals surface area contributed by atoms with E-state index >= 15 is 0 Å². The third-order valence-electron chi connectivity index (χ3n) is 1.98. The SMILES string of the molecule is C[C@@H](N)[C@@]1(C)NC(=O)NC1=O. The standard InChI is InChI=1S/C6H11N3O2/c1-3(7)6(2)4(10)8-5(11)9-6/h3H,7H2,1-2H3,(H2,8,9,10,11)/t3-,6-/m1/s1. The fourth-order valence-electron chi connectivity index (χ4n) is 0.877. The van der Waals surface area contributed by atoms with Crippen LogP contribution >= 0.6 is 0 Å². The lowest BCUT2D eigenvalue weighted by Crippen LogP contribution is -2.56. The fraction of sp³-hybridized carbons (Fsp3) is 0.667. The number of rotatable bonds is 1. The van der Waals surface area contributed by atoms with E-state index in [0.29, 0.717) is 0 Å². The number of hydrogen-bond acceptors (Lipinski definition) is 3. The number of amides is 3. The maximum Gasteiger partial charge on any atom is 0.322 e. The molecule has 4 N–H and O–H groups in total. The number of hydrogen-bond donors (Lipinski definition) is 3. The molecule has 0 aromatic rings. The first kappa shape index (κ1) is 8.00. The molecule has 0 bridgehead atoms. The summed E-state index contributed by atoms with van der Waals surface area (Å²) in [7, 11) is 0. The summed E-state index contributed by atoms with van der Waals surface area (Å²) in [6.45, 7) is 3.27. The summed E-state index contributed by atoms with van der Waals surface area (Å²) in [4.78, 5) is 21.7. The molecule has 1 rings (SSSR count). The summed E-state index contributed by atoms with van der Waals surface area (Å²) < 4.78 is 0. The minimum atomic E-state index is -0.947. The largest absolute Gasteiger partial charge is 0.325 e. The molecule has 0 aromatic carbocycles. The number of carbonyl (C=O) groups excluding carboxylic acids is 2. The molecule has 0 aromatic heterocycles. The predicted octanol–water partition coefficient (Wildman–Crippen LogP) is -1.07. The van der Waals surface area contributed by atoms with E-state index in [1.807, 2.05) is 0 Å². The van der Waals surface area contributed by atoms with Gasteiger partial charge >= 0.3 is 6.03 Å². The normalized spacial score (nSPS) is 33.0. The third-order valence-corrected chi connectivity index (χ3v) is 1.98. The van der Waals surface area contributed by atoms with Crippen LogP contribution in [-0.2, 0) is 4.79 Å². The quantitative estimate of drug-likeness (QED) is 0.424. The predicted molar refractivity (Wildman–Crippen MR) is 38.7 cm³/mol. The summed E-state index contributed by atoms with van der Waals surface area (Å²) in [6.07, 6.45) is 0. The Balaban J connectivity index is 2.87. The van der Waals surface area contributed by atoms with Gasteiger partial charge in [-0.1, -0.05) is 0 Å². The molecule has 1 heterocycles. The highest BCUT2D eigenvalue weighted by atomic mass is 16.2. The van der Waals surface area contributed by atoms with Crippen LogP contribution in [-0.4, -0.2) is 23.5 Å². The van der Waals surface area contributed by atoms with Crippen molar-refractivity contribution in [1.82, 2.24) is 10.6 Å². The molecule has 5 nitrogen and oxygen atoms in total. The van der Waals surface area contributed by atoms with E-state index in [-0.39, 0.29) is 5.91 Å². The number of carbonyl (C=O) groups is 2. The molecule has 0 radical (unpaired) electrons. The first-order valence-electron chi connectivity index (χ1n) is 3.36. The second-order valence-corrected chi connectivity index (χ2v) is 2.90. The van der Waals surface area contributed by atoms with Crippen LogP contribution < -0.4 is 16.4 Å². The Labute approximate surface area is 64.3 Å². The number of nitrogens with one attached hydrogen (secondary N) is 2. The van der Waals surface area contributed by atoms with Gasteiger partial charge in [0, 0.05) is 6.04 Å². The number of urea groups is 1. The minimum Gasteiger partial charge on any atom is -0.325 e. The van der Waals surface area contributed by atoms with E-state index in [2.05, 4.69) is 10.6 Å². The smallest absolute Gasteiger partial charge is 0.322 e. The summed E-state index contributed by atoms with van der Waals surface area (Å²) >= 11 is 0. The lowest BCUT2D eigenvalue weighted by atomic mass is 9.95.